The van der Waals surface area contributed by atoms with Gasteiger partial charge in [-0.1, -0.05) is 29.3 Å². The Morgan fingerprint density at radius 2 is 1.79 bits per heavy atom. The molecule has 0 saturated carbocycles. The van der Waals surface area contributed by atoms with Crippen LogP contribution >= 0.6 is 23.2 Å². The number of hydrogen-bond acceptors (Lipinski definition) is 3. The number of rotatable bonds is 4. The van der Waals surface area contributed by atoms with Crippen LogP contribution in [0.5, 0.6) is 5.75 Å². The molecule has 5 nitrogen and oxygen atoms in total. The highest BCUT2D eigenvalue weighted by Gasteiger charge is 2.40. The standard InChI is InChI=1S/C18H11Cl2F4N3O2/c19-13-6-1-10(7-14(13)20)8-25-17(28)29-15-9-26-27(16(15)18(22,23)24)12-4-2-11(21)3-5-12/h1-7,9H,8H2,(H,25,28). The third-order valence-corrected chi connectivity index (χ3v) is 4.44. The SMILES string of the molecule is O=C(NCc1ccc(Cl)c(Cl)c1)Oc1cnn(-c2ccc(F)cc2)c1C(F)(F)F. The number of ether oxygens (including phenoxy) is 1. The van der Waals surface area contributed by atoms with Gasteiger partial charge in [-0.2, -0.15) is 18.3 Å². The zero-order valence-corrected chi connectivity index (χ0v) is 15.8. The smallest absolute Gasteiger partial charge is 0.406 e. The first-order valence-electron chi connectivity index (χ1n) is 7.96. The molecule has 0 radical (unpaired) electrons. The molecule has 0 aliphatic heterocycles. The molecule has 1 N–H and O–H groups in total. The van der Waals surface area contributed by atoms with Gasteiger partial charge in [0.25, 0.3) is 0 Å². The highest BCUT2D eigenvalue weighted by molar-refractivity contribution is 6.42. The Hall–Kier alpha value is -2.78. The summed E-state index contributed by atoms with van der Waals surface area (Å²) < 4.78 is 58.9. The number of nitrogens with one attached hydrogen (secondary N) is 1. The highest BCUT2D eigenvalue weighted by Crippen LogP contribution is 2.37. The van der Waals surface area contributed by atoms with E-state index in [0.29, 0.717) is 15.3 Å². The number of aromatic nitrogens is 2. The summed E-state index contributed by atoms with van der Waals surface area (Å²) >= 11 is 11.7. The van der Waals surface area contributed by atoms with Crippen LogP contribution in [0.2, 0.25) is 10.0 Å². The molecule has 0 fully saturated rings. The normalized spacial score (nSPS) is 11.4. The van der Waals surface area contributed by atoms with Crippen LogP contribution in [0, 0.1) is 5.82 Å². The predicted molar refractivity (Wildman–Crippen MR) is 97.8 cm³/mol. The average molecular weight is 448 g/mol. The van der Waals surface area contributed by atoms with Crippen molar-refractivity contribution in [3.05, 3.63) is 75.8 Å². The summed E-state index contributed by atoms with van der Waals surface area (Å²) in [7, 11) is 0. The first kappa shape index (κ1) is 20.9. The Labute approximate surface area is 171 Å². The maximum Gasteiger partial charge on any atom is 0.437 e. The Morgan fingerprint density at radius 1 is 1.10 bits per heavy atom. The number of alkyl halides is 3. The number of benzene rings is 2. The Morgan fingerprint density at radius 3 is 2.41 bits per heavy atom. The van der Waals surface area contributed by atoms with Gasteiger partial charge in [0, 0.05) is 6.54 Å². The third-order valence-electron chi connectivity index (χ3n) is 3.70. The van der Waals surface area contributed by atoms with Crippen molar-refractivity contribution in [1.82, 2.24) is 15.1 Å². The molecule has 0 bridgehead atoms. The molecule has 29 heavy (non-hydrogen) atoms. The summed E-state index contributed by atoms with van der Waals surface area (Å²) in [5, 5.41) is 6.51. The zero-order chi connectivity index (χ0) is 21.2. The minimum atomic E-state index is -4.88. The first-order chi connectivity index (χ1) is 13.6. The van der Waals surface area contributed by atoms with Crippen molar-refractivity contribution in [3.8, 4) is 11.4 Å². The first-order valence-corrected chi connectivity index (χ1v) is 8.71. The lowest BCUT2D eigenvalue weighted by molar-refractivity contribution is -0.143. The second-order valence-electron chi connectivity index (χ2n) is 5.73. The molecule has 0 atom stereocenters. The van der Waals surface area contributed by atoms with Gasteiger partial charge in [0.15, 0.2) is 11.4 Å². The van der Waals surface area contributed by atoms with Gasteiger partial charge in [-0.05, 0) is 42.0 Å². The number of nitrogens with zero attached hydrogens (tertiary/aromatic N) is 2. The van der Waals surface area contributed by atoms with Crippen LogP contribution in [0.3, 0.4) is 0 Å². The Kier molecular flexibility index (Phi) is 5.99. The Bertz CT molecular complexity index is 1040. The van der Waals surface area contributed by atoms with E-state index in [1.54, 1.807) is 6.07 Å². The molecule has 1 heterocycles. The molecule has 3 rings (SSSR count). The number of carbonyl (C=O) groups is 1. The van der Waals surface area contributed by atoms with Crippen LogP contribution in [0.25, 0.3) is 5.69 Å². The molecule has 11 heteroatoms. The number of carbonyl (C=O) groups excluding carboxylic acids is 1. The van der Waals surface area contributed by atoms with Crippen molar-refractivity contribution in [2.24, 2.45) is 0 Å². The van der Waals surface area contributed by atoms with Gasteiger partial charge in [-0.25, -0.2) is 13.9 Å². The minimum Gasteiger partial charge on any atom is -0.406 e. The molecule has 2 aromatic carbocycles. The van der Waals surface area contributed by atoms with Crippen molar-refractivity contribution >= 4 is 29.3 Å². The fourth-order valence-corrected chi connectivity index (χ4v) is 2.73. The molecule has 3 aromatic rings. The van der Waals surface area contributed by atoms with E-state index < -0.39 is 29.5 Å². The lowest BCUT2D eigenvalue weighted by atomic mass is 10.2. The predicted octanol–water partition coefficient (Wildman–Crippen LogP) is 5.63. The van der Waals surface area contributed by atoms with E-state index in [4.69, 9.17) is 27.9 Å². The lowest BCUT2D eigenvalue weighted by Crippen LogP contribution is -2.27. The van der Waals surface area contributed by atoms with Gasteiger partial charge < -0.3 is 10.1 Å². The van der Waals surface area contributed by atoms with Gasteiger partial charge in [0.1, 0.15) is 5.82 Å². The quantitative estimate of drug-likeness (QED) is 0.527. The number of halogens is 6. The van der Waals surface area contributed by atoms with Crippen molar-refractivity contribution in [2.45, 2.75) is 12.7 Å². The fraction of sp³-hybridized carbons (Fsp3) is 0.111. The summed E-state index contributed by atoms with van der Waals surface area (Å²) in [5.41, 5.74) is -0.798. The Balaban J connectivity index is 1.78. The van der Waals surface area contributed by atoms with E-state index in [1.165, 1.54) is 12.1 Å². The van der Waals surface area contributed by atoms with Crippen LogP contribution in [-0.2, 0) is 12.7 Å². The third kappa shape index (κ3) is 4.99. The molecular weight excluding hydrogens is 437 g/mol. The van der Waals surface area contributed by atoms with Gasteiger partial charge in [-0.3, -0.25) is 0 Å². The number of amides is 1. The summed E-state index contributed by atoms with van der Waals surface area (Å²) in [5.74, 6) is -1.42. The van der Waals surface area contributed by atoms with Gasteiger partial charge in [-0.15, -0.1) is 0 Å². The van der Waals surface area contributed by atoms with Crippen LogP contribution in [0.4, 0.5) is 22.4 Å². The van der Waals surface area contributed by atoms with E-state index in [1.807, 2.05) is 0 Å². The summed E-state index contributed by atoms with van der Waals surface area (Å²) in [4.78, 5) is 12.0. The van der Waals surface area contributed by atoms with Crippen molar-refractivity contribution in [1.29, 1.82) is 0 Å². The summed E-state index contributed by atoms with van der Waals surface area (Å²) in [6.45, 7) is -0.0524. The van der Waals surface area contributed by atoms with Crippen LogP contribution in [-0.4, -0.2) is 15.9 Å². The van der Waals surface area contributed by atoms with E-state index >= 15 is 0 Å². The van der Waals surface area contributed by atoms with E-state index in [2.05, 4.69) is 10.4 Å². The van der Waals surface area contributed by atoms with Gasteiger partial charge in [0.05, 0.1) is 21.9 Å². The molecule has 0 spiro atoms. The largest absolute Gasteiger partial charge is 0.437 e. The van der Waals surface area contributed by atoms with E-state index in [9.17, 15) is 22.4 Å². The molecule has 0 aliphatic rings. The molecule has 0 aliphatic carbocycles. The van der Waals surface area contributed by atoms with Crippen LogP contribution < -0.4 is 10.1 Å². The second-order valence-corrected chi connectivity index (χ2v) is 6.55. The van der Waals surface area contributed by atoms with Crippen molar-refractivity contribution < 1.29 is 27.1 Å². The average Bonchev–Trinajstić information content (AvgIpc) is 3.07. The monoisotopic (exact) mass is 447 g/mol. The van der Waals surface area contributed by atoms with Crippen LogP contribution in [0.15, 0.2) is 48.7 Å². The van der Waals surface area contributed by atoms with Crippen molar-refractivity contribution in [3.63, 3.8) is 0 Å². The van der Waals surface area contributed by atoms with E-state index in [-0.39, 0.29) is 17.3 Å². The second kappa shape index (κ2) is 8.30. The maximum absolute atomic E-state index is 13.5. The molecule has 0 unspecified atom stereocenters. The molecular formula is C18H11Cl2F4N3O2. The molecule has 0 saturated heterocycles. The molecule has 152 valence electrons. The minimum absolute atomic E-state index is 0.0511. The topological polar surface area (TPSA) is 56.1 Å². The fourth-order valence-electron chi connectivity index (χ4n) is 2.41. The molecule has 1 amide bonds. The van der Waals surface area contributed by atoms with Gasteiger partial charge in [0.2, 0.25) is 0 Å². The number of hydrogen-bond donors (Lipinski definition) is 1. The highest BCUT2D eigenvalue weighted by atomic mass is 35.5. The lowest BCUT2D eigenvalue weighted by Gasteiger charge is -2.13. The van der Waals surface area contributed by atoms with Gasteiger partial charge >= 0.3 is 12.3 Å². The molecule has 1 aromatic heterocycles. The van der Waals surface area contributed by atoms with Crippen LogP contribution in [0.1, 0.15) is 11.3 Å². The zero-order valence-electron chi connectivity index (χ0n) is 14.3. The van der Waals surface area contributed by atoms with E-state index in [0.717, 1.165) is 30.5 Å². The summed E-state index contributed by atoms with van der Waals surface area (Å²) in [6.07, 6.45) is -5.25. The summed E-state index contributed by atoms with van der Waals surface area (Å²) in [6, 6.07) is 8.81. The maximum atomic E-state index is 13.5. The van der Waals surface area contributed by atoms with Crippen molar-refractivity contribution in [2.75, 3.05) is 0 Å².